The molecule has 0 radical (unpaired) electrons. The van der Waals surface area contributed by atoms with Gasteiger partial charge in [0.25, 0.3) is 0 Å². The Morgan fingerprint density at radius 1 is 1.25 bits per heavy atom. The number of hydrogen-bond donors (Lipinski definition) is 1. The lowest BCUT2D eigenvalue weighted by atomic mass is 9.96. The molecule has 1 unspecified atom stereocenters. The van der Waals surface area contributed by atoms with Crippen LogP contribution in [0.5, 0.6) is 0 Å². The summed E-state index contributed by atoms with van der Waals surface area (Å²) in [5.74, 6) is 0.0817. The summed E-state index contributed by atoms with van der Waals surface area (Å²) in [6, 6.07) is 6.83. The fraction of sp³-hybridized carbons (Fsp3) is 0.625. The Bertz CT molecular complexity index is 348. The van der Waals surface area contributed by atoms with E-state index in [9.17, 15) is 4.39 Å². The monoisotopic (exact) mass is 283 g/mol. The Morgan fingerprint density at radius 2 is 2.10 bits per heavy atom. The number of methoxy groups -OCH3 is 1. The molecule has 0 heterocycles. The molecule has 0 bridgehead atoms. The van der Waals surface area contributed by atoms with Gasteiger partial charge in [0.15, 0.2) is 0 Å². The van der Waals surface area contributed by atoms with Crippen LogP contribution in [0.3, 0.4) is 0 Å². The quantitative estimate of drug-likeness (QED) is 0.633. The molecular formula is C16H26FNO2. The van der Waals surface area contributed by atoms with E-state index in [1.165, 1.54) is 6.07 Å². The van der Waals surface area contributed by atoms with Crippen LogP contribution in [0.2, 0.25) is 0 Å². The summed E-state index contributed by atoms with van der Waals surface area (Å²) in [4.78, 5) is 0. The van der Waals surface area contributed by atoms with E-state index in [4.69, 9.17) is 9.47 Å². The first-order valence-electron chi connectivity index (χ1n) is 7.30. The summed E-state index contributed by atoms with van der Waals surface area (Å²) >= 11 is 0. The molecule has 0 aliphatic rings. The zero-order valence-electron chi connectivity index (χ0n) is 12.5. The van der Waals surface area contributed by atoms with Crippen molar-refractivity contribution < 1.29 is 13.9 Å². The fourth-order valence-corrected chi connectivity index (χ4v) is 2.07. The second-order valence-electron chi connectivity index (χ2n) is 4.85. The third-order valence-electron chi connectivity index (χ3n) is 3.15. The van der Waals surface area contributed by atoms with E-state index in [0.717, 1.165) is 38.1 Å². The van der Waals surface area contributed by atoms with Crippen LogP contribution in [0.15, 0.2) is 24.3 Å². The Kier molecular flexibility index (Phi) is 9.20. The minimum absolute atomic E-state index is 0.182. The topological polar surface area (TPSA) is 30.5 Å². The summed E-state index contributed by atoms with van der Waals surface area (Å²) in [7, 11) is 1.68. The maximum Gasteiger partial charge on any atom is 0.123 e. The molecule has 0 aliphatic carbocycles. The van der Waals surface area contributed by atoms with Crippen molar-refractivity contribution in [3.05, 3.63) is 35.6 Å². The number of hydrogen-bond acceptors (Lipinski definition) is 3. The lowest BCUT2D eigenvalue weighted by molar-refractivity contribution is 0.127. The van der Waals surface area contributed by atoms with Crippen molar-refractivity contribution in [1.29, 1.82) is 0 Å². The standard InChI is InChI=1S/C16H26FNO2/c1-3-9-20-10-7-15(13-18-8-11-19-2)14-5-4-6-16(17)12-14/h4-6,12,15,18H,3,7-11,13H2,1-2H3. The summed E-state index contributed by atoms with van der Waals surface area (Å²) in [6.45, 7) is 5.88. The van der Waals surface area contributed by atoms with Gasteiger partial charge in [-0.15, -0.1) is 0 Å². The first-order chi connectivity index (χ1) is 9.77. The molecule has 1 aromatic carbocycles. The van der Waals surface area contributed by atoms with Gasteiger partial charge in [-0.3, -0.25) is 0 Å². The Balaban J connectivity index is 2.49. The predicted molar refractivity (Wildman–Crippen MR) is 79.6 cm³/mol. The van der Waals surface area contributed by atoms with E-state index in [1.54, 1.807) is 19.2 Å². The van der Waals surface area contributed by atoms with Crippen molar-refractivity contribution in [2.75, 3.05) is 40.0 Å². The fourth-order valence-electron chi connectivity index (χ4n) is 2.07. The van der Waals surface area contributed by atoms with Gasteiger partial charge in [-0.2, -0.15) is 0 Å². The van der Waals surface area contributed by atoms with Gasteiger partial charge in [0.05, 0.1) is 6.61 Å². The highest BCUT2D eigenvalue weighted by molar-refractivity contribution is 5.21. The van der Waals surface area contributed by atoms with Crippen molar-refractivity contribution in [3.8, 4) is 0 Å². The smallest absolute Gasteiger partial charge is 0.123 e. The van der Waals surface area contributed by atoms with Crippen LogP contribution in [-0.4, -0.2) is 40.0 Å². The van der Waals surface area contributed by atoms with Gasteiger partial charge >= 0.3 is 0 Å². The average Bonchev–Trinajstić information content (AvgIpc) is 2.45. The third kappa shape index (κ3) is 6.98. The molecule has 0 aliphatic heterocycles. The van der Waals surface area contributed by atoms with Gasteiger partial charge in [0, 0.05) is 33.4 Å². The lowest BCUT2D eigenvalue weighted by Gasteiger charge is -2.18. The van der Waals surface area contributed by atoms with E-state index in [2.05, 4.69) is 12.2 Å². The number of benzene rings is 1. The maximum absolute atomic E-state index is 13.3. The molecule has 0 spiro atoms. The largest absolute Gasteiger partial charge is 0.383 e. The van der Waals surface area contributed by atoms with Gasteiger partial charge < -0.3 is 14.8 Å². The minimum Gasteiger partial charge on any atom is -0.383 e. The van der Waals surface area contributed by atoms with Crippen molar-refractivity contribution in [3.63, 3.8) is 0 Å². The van der Waals surface area contributed by atoms with Crippen molar-refractivity contribution >= 4 is 0 Å². The van der Waals surface area contributed by atoms with Crippen LogP contribution in [0.25, 0.3) is 0 Å². The van der Waals surface area contributed by atoms with Crippen LogP contribution < -0.4 is 5.32 Å². The molecule has 1 rings (SSSR count). The number of halogens is 1. The van der Waals surface area contributed by atoms with E-state index in [-0.39, 0.29) is 11.7 Å². The highest BCUT2D eigenvalue weighted by Gasteiger charge is 2.12. The van der Waals surface area contributed by atoms with E-state index < -0.39 is 0 Å². The van der Waals surface area contributed by atoms with Crippen LogP contribution in [-0.2, 0) is 9.47 Å². The van der Waals surface area contributed by atoms with Gasteiger partial charge in [-0.25, -0.2) is 4.39 Å². The van der Waals surface area contributed by atoms with Crippen LogP contribution in [0.4, 0.5) is 4.39 Å². The first kappa shape index (κ1) is 17.1. The molecule has 0 amide bonds. The highest BCUT2D eigenvalue weighted by Crippen LogP contribution is 2.20. The normalized spacial score (nSPS) is 12.6. The average molecular weight is 283 g/mol. The second-order valence-corrected chi connectivity index (χ2v) is 4.85. The number of nitrogens with one attached hydrogen (secondary N) is 1. The van der Waals surface area contributed by atoms with E-state index in [0.29, 0.717) is 13.2 Å². The molecule has 0 fully saturated rings. The van der Waals surface area contributed by atoms with Gasteiger partial charge in [-0.1, -0.05) is 19.1 Å². The zero-order valence-corrected chi connectivity index (χ0v) is 12.5. The van der Waals surface area contributed by atoms with Gasteiger partial charge in [0.2, 0.25) is 0 Å². The molecule has 1 N–H and O–H groups in total. The Hall–Kier alpha value is -0.970. The summed E-state index contributed by atoms with van der Waals surface area (Å²) in [5.41, 5.74) is 1.02. The Labute approximate surface area is 121 Å². The number of rotatable bonds is 11. The molecule has 1 atom stereocenters. The molecule has 0 aromatic heterocycles. The summed E-state index contributed by atoms with van der Waals surface area (Å²) < 4.78 is 23.9. The van der Waals surface area contributed by atoms with Gasteiger partial charge in [-0.05, 0) is 36.5 Å². The maximum atomic E-state index is 13.3. The molecule has 4 heteroatoms. The molecule has 114 valence electrons. The highest BCUT2D eigenvalue weighted by atomic mass is 19.1. The van der Waals surface area contributed by atoms with Crippen LogP contribution >= 0.6 is 0 Å². The minimum atomic E-state index is -0.182. The van der Waals surface area contributed by atoms with Crippen LogP contribution in [0, 0.1) is 5.82 Å². The molecular weight excluding hydrogens is 257 g/mol. The zero-order chi connectivity index (χ0) is 14.6. The summed E-state index contributed by atoms with van der Waals surface area (Å²) in [6.07, 6.45) is 1.92. The molecule has 3 nitrogen and oxygen atoms in total. The lowest BCUT2D eigenvalue weighted by Crippen LogP contribution is -2.26. The molecule has 0 saturated carbocycles. The predicted octanol–water partition coefficient (Wildman–Crippen LogP) is 2.96. The number of ether oxygens (including phenoxy) is 2. The second kappa shape index (κ2) is 10.8. The SMILES string of the molecule is CCCOCCC(CNCCOC)c1cccc(F)c1. The summed E-state index contributed by atoms with van der Waals surface area (Å²) in [5, 5.41) is 3.34. The Morgan fingerprint density at radius 3 is 2.80 bits per heavy atom. The molecule has 0 saturated heterocycles. The van der Waals surface area contributed by atoms with Crippen molar-refractivity contribution in [2.24, 2.45) is 0 Å². The van der Waals surface area contributed by atoms with Gasteiger partial charge in [0.1, 0.15) is 5.82 Å². The first-order valence-corrected chi connectivity index (χ1v) is 7.30. The van der Waals surface area contributed by atoms with E-state index in [1.807, 2.05) is 6.07 Å². The van der Waals surface area contributed by atoms with Crippen LogP contribution in [0.1, 0.15) is 31.2 Å². The third-order valence-corrected chi connectivity index (χ3v) is 3.15. The molecule has 1 aromatic rings. The van der Waals surface area contributed by atoms with Crippen molar-refractivity contribution in [1.82, 2.24) is 5.32 Å². The molecule has 20 heavy (non-hydrogen) atoms. The van der Waals surface area contributed by atoms with Crippen molar-refractivity contribution in [2.45, 2.75) is 25.7 Å². The van der Waals surface area contributed by atoms with E-state index >= 15 is 0 Å².